The van der Waals surface area contributed by atoms with E-state index < -0.39 is 0 Å². The summed E-state index contributed by atoms with van der Waals surface area (Å²) >= 11 is 0. The molecule has 0 N–H and O–H groups in total. The molecule has 0 heterocycles. The minimum absolute atomic E-state index is 0. The molecule has 0 saturated carbocycles. The SMILES string of the molecule is CCN(CC)C[N-]C=NC(C)(C)C.[Ni]. The Balaban J connectivity index is 0. The molecule has 0 aliphatic rings. The van der Waals surface area contributed by atoms with E-state index in [2.05, 4.69) is 49.8 Å². The van der Waals surface area contributed by atoms with Crippen LogP contribution in [0.5, 0.6) is 0 Å². The Hall–Kier alpha value is -0.0765. The van der Waals surface area contributed by atoms with Crippen LogP contribution in [0.2, 0.25) is 0 Å². The zero-order valence-corrected chi connectivity index (χ0v) is 10.8. The van der Waals surface area contributed by atoms with Gasteiger partial charge in [0, 0.05) is 23.2 Å². The standard InChI is InChI=1S/C10H22N3.Ni/c1-6-13(7-2)9-11-8-12-10(3,4)5;/h8H,6-7,9H2,1-5H3;/q-1;. The van der Waals surface area contributed by atoms with Crippen LogP contribution in [0.15, 0.2) is 4.99 Å². The first-order chi connectivity index (χ1) is 5.99. The van der Waals surface area contributed by atoms with Gasteiger partial charge in [0.2, 0.25) is 0 Å². The summed E-state index contributed by atoms with van der Waals surface area (Å²) < 4.78 is 0. The number of nitrogens with zero attached hydrogens (tertiary/aromatic N) is 3. The summed E-state index contributed by atoms with van der Waals surface area (Å²) in [5.41, 5.74) is -0.00718. The van der Waals surface area contributed by atoms with E-state index in [4.69, 9.17) is 0 Å². The monoisotopic (exact) mass is 242 g/mol. The van der Waals surface area contributed by atoms with Crippen LogP contribution < -0.4 is 0 Å². The fourth-order valence-electron chi connectivity index (χ4n) is 0.790. The van der Waals surface area contributed by atoms with E-state index in [0.29, 0.717) is 0 Å². The van der Waals surface area contributed by atoms with Crippen LogP contribution in [-0.2, 0) is 16.5 Å². The van der Waals surface area contributed by atoms with Gasteiger partial charge in [-0.15, -0.1) is 6.34 Å². The predicted octanol–water partition coefficient (Wildman–Crippen LogP) is 2.48. The molecule has 0 spiro atoms. The average Bonchev–Trinajstić information content (AvgIpc) is 2.03. The van der Waals surface area contributed by atoms with Crippen LogP contribution in [0.3, 0.4) is 0 Å². The molecule has 0 aromatic heterocycles. The quantitative estimate of drug-likeness (QED) is 0.414. The van der Waals surface area contributed by atoms with Crippen molar-refractivity contribution in [1.82, 2.24) is 4.90 Å². The van der Waals surface area contributed by atoms with E-state index in [-0.39, 0.29) is 22.0 Å². The van der Waals surface area contributed by atoms with Gasteiger partial charge in [0.25, 0.3) is 0 Å². The molecule has 0 aromatic carbocycles. The summed E-state index contributed by atoms with van der Waals surface area (Å²) in [7, 11) is 0. The first-order valence-corrected chi connectivity index (χ1v) is 4.92. The summed E-state index contributed by atoms with van der Waals surface area (Å²) in [5, 5.41) is 4.23. The van der Waals surface area contributed by atoms with Crippen LogP contribution in [0, 0.1) is 0 Å². The van der Waals surface area contributed by atoms with Crippen LogP contribution in [0.25, 0.3) is 5.32 Å². The molecule has 0 fully saturated rings. The molecule has 88 valence electrons. The molecule has 4 heteroatoms. The van der Waals surface area contributed by atoms with Gasteiger partial charge in [0.15, 0.2) is 0 Å². The maximum atomic E-state index is 4.28. The molecule has 0 radical (unpaired) electrons. The van der Waals surface area contributed by atoms with Gasteiger partial charge in [-0.1, -0.05) is 34.6 Å². The molecular formula is C10H22N3Ni-. The van der Waals surface area contributed by atoms with Crippen molar-refractivity contribution < 1.29 is 16.5 Å². The molecule has 0 aliphatic heterocycles. The van der Waals surface area contributed by atoms with E-state index in [9.17, 15) is 0 Å². The Labute approximate surface area is 98.3 Å². The van der Waals surface area contributed by atoms with E-state index in [1.807, 2.05) is 0 Å². The maximum absolute atomic E-state index is 4.28. The van der Waals surface area contributed by atoms with Gasteiger partial charge in [-0.2, -0.15) is 0 Å². The van der Waals surface area contributed by atoms with Gasteiger partial charge in [-0.05, 0) is 18.6 Å². The minimum atomic E-state index is -0.00718. The molecule has 0 saturated heterocycles. The molecular weight excluding hydrogens is 221 g/mol. The Morgan fingerprint density at radius 1 is 1.21 bits per heavy atom. The Morgan fingerprint density at radius 2 is 1.71 bits per heavy atom. The first-order valence-electron chi connectivity index (χ1n) is 4.92. The van der Waals surface area contributed by atoms with E-state index in [1.165, 1.54) is 0 Å². The zero-order chi connectivity index (χ0) is 10.3. The number of hydrogen-bond acceptors (Lipinski definition) is 2. The Morgan fingerprint density at radius 3 is 2.07 bits per heavy atom. The van der Waals surface area contributed by atoms with Crippen molar-refractivity contribution >= 4 is 6.34 Å². The van der Waals surface area contributed by atoms with Crippen molar-refractivity contribution in [3.63, 3.8) is 0 Å². The topological polar surface area (TPSA) is 29.7 Å². The van der Waals surface area contributed by atoms with E-state index in [0.717, 1.165) is 19.8 Å². The summed E-state index contributed by atoms with van der Waals surface area (Å²) in [6.45, 7) is 13.3. The fourth-order valence-corrected chi connectivity index (χ4v) is 0.790. The first kappa shape index (κ1) is 16.4. The second kappa shape index (κ2) is 8.25. The van der Waals surface area contributed by atoms with Gasteiger partial charge in [-0.25, -0.2) is 0 Å². The molecule has 0 amide bonds. The predicted molar refractivity (Wildman–Crippen MR) is 59.4 cm³/mol. The van der Waals surface area contributed by atoms with Gasteiger partial charge in [-0.3, -0.25) is 0 Å². The smallest absolute Gasteiger partial charge is 0.00163 e. The molecule has 0 rings (SSSR count). The van der Waals surface area contributed by atoms with Crippen LogP contribution in [0.4, 0.5) is 0 Å². The molecule has 14 heavy (non-hydrogen) atoms. The molecule has 0 aliphatic carbocycles. The van der Waals surface area contributed by atoms with Gasteiger partial charge < -0.3 is 15.2 Å². The summed E-state index contributed by atoms with van der Waals surface area (Å²) in [4.78, 5) is 6.52. The van der Waals surface area contributed by atoms with Gasteiger partial charge in [0.05, 0.1) is 0 Å². The Bertz CT molecular complexity index is 148. The van der Waals surface area contributed by atoms with Gasteiger partial charge in [0.1, 0.15) is 0 Å². The van der Waals surface area contributed by atoms with Crippen molar-refractivity contribution in [2.24, 2.45) is 4.99 Å². The summed E-state index contributed by atoms with van der Waals surface area (Å²) in [5.74, 6) is 0. The number of rotatable bonds is 5. The van der Waals surface area contributed by atoms with Crippen LogP contribution in [-0.4, -0.2) is 36.5 Å². The van der Waals surface area contributed by atoms with Crippen molar-refractivity contribution in [1.29, 1.82) is 0 Å². The van der Waals surface area contributed by atoms with E-state index in [1.54, 1.807) is 6.34 Å². The normalized spacial score (nSPS) is 11.9. The number of hydrogen-bond donors (Lipinski definition) is 0. The minimum Gasteiger partial charge on any atom is -0.466 e. The van der Waals surface area contributed by atoms with Gasteiger partial charge >= 0.3 is 0 Å². The third kappa shape index (κ3) is 10.0. The molecule has 0 unspecified atom stereocenters. The van der Waals surface area contributed by atoms with Crippen LogP contribution in [0.1, 0.15) is 34.6 Å². The molecule has 0 aromatic rings. The molecule has 0 atom stereocenters. The molecule has 3 nitrogen and oxygen atoms in total. The largest absolute Gasteiger partial charge is 0.466 e. The summed E-state index contributed by atoms with van der Waals surface area (Å²) in [6, 6.07) is 0. The van der Waals surface area contributed by atoms with Crippen molar-refractivity contribution in [3.05, 3.63) is 5.32 Å². The van der Waals surface area contributed by atoms with Crippen molar-refractivity contribution in [2.45, 2.75) is 40.2 Å². The van der Waals surface area contributed by atoms with Crippen molar-refractivity contribution in [2.75, 3.05) is 19.8 Å². The number of aliphatic imine (C=N–C) groups is 1. The third-order valence-electron chi connectivity index (χ3n) is 1.70. The Kier molecular flexibility index (Phi) is 9.64. The average molecular weight is 243 g/mol. The van der Waals surface area contributed by atoms with Crippen LogP contribution >= 0.6 is 0 Å². The molecule has 0 bridgehead atoms. The third-order valence-corrected chi connectivity index (χ3v) is 1.70. The second-order valence-corrected chi connectivity index (χ2v) is 4.04. The maximum Gasteiger partial charge on any atom is 0.00163 e. The van der Waals surface area contributed by atoms with Crippen molar-refractivity contribution in [3.8, 4) is 0 Å². The van der Waals surface area contributed by atoms with E-state index >= 15 is 0 Å². The zero-order valence-electron chi connectivity index (χ0n) is 9.86. The summed E-state index contributed by atoms with van der Waals surface area (Å²) in [6.07, 6.45) is 1.68. The fraction of sp³-hybridized carbons (Fsp3) is 0.900. The second-order valence-electron chi connectivity index (χ2n) is 4.04.